The van der Waals surface area contributed by atoms with E-state index in [1.807, 2.05) is 60.4 Å². The molecule has 29 heavy (non-hydrogen) atoms. The molecular formula is C23H27ClN2O3. The standard InChI is InChI=1S/C23H27ClN2O3/c1-3-29-22-16-18(6-10-21(22)28-2)7-11-23(27)26-14-12-25(13-15-26)17-19-4-8-20(24)9-5-19/h4-11,16H,3,12-15,17H2,1-2H3/b11-7+. The number of hydrogen-bond acceptors (Lipinski definition) is 4. The number of rotatable bonds is 7. The van der Waals surface area contributed by atoms with Crippen molar-refractivity contribution in [3.05, 3.63) is 64.7 Å². The summed E-state index contributed by atoms with van der Waals surface area (Å²) in [4.78, 5) is 16.8. The van der Waals surface area contributed by atoms with Gasteiger partial charge in [-0.3, -0.25) is 9.69 Å². The minimum absolute atomic E-state index is 0.0323. The van der Waals surface area contributed by atoms with Gasteiger partial charge in [0.05, 0.1) is 13.7 Å². The van der Waals surface area contributed by atoms with Gasteiger partial charge in [0.25, 0.3) is 0 Å². The lowest BCUT2D eigenvalue weighted by atomic mass is 10.1. The zero-order chi connectivity index (χ0) is 20.6. The van der Waals surface area contributed by atoms with E-state index >= 15 is 0 Å². The molecule has 1 heterocycles. The maximum Gasteiger partial charge on any atom is 0.246 e. The third-order valence-corrected chi connectivity index (χ3v) is 5.16. The van der Waals surface area contributed by atoms with Gasteiger partial charge in [-0.1, -0.05) is 29.8 Å². The average molecular weight is 415 g/mol. The quantitative estimate of drug-likeness (QED) is 0.639. The Morgan fingerprint density at radius 1 is 1.07 bits per heavy atom. The highest BCUT2D eigenvalue weighted by molar-refractivity contribution is 6.30. The van der Waals surface area contributed by atoms with Crippen molar-refractivity contribution in [3.8, 4) is 11.5 Å². The molecule has 0 atom stereocenters. The number of methoxy groups -OCH3 is 1. The minimum atomic E-state index is 0.0323. The summed E-state index contributed by atoms with van der Waals surface area (Å²) in [6.45, 7) is 6.54. The van der Waals surface area contributed by atoms with Crippen LogP contribution >= 0.6 is 11.6 Å². The van der Waals surface area contributed by atoms with Gasteiger partial charge in [-0.05, 0) is 48.4 Å². The van der Waals surface area contributed by atoms with Gasteiger partial charge in [0.2, 0.25) is 5.91 Å². The second-order valence-electron chi connectivity index (χ2n) is 6.90. The monoisotopic (exact) mass is 414 g/mol. The fraction of sp³-hybridized carbons (Fsp3) is 0.348. The molecule has 0 radical (unpaired) electrons. The van der Waals surface area contributed by atoms with Gasteiger partial charge in [-0.15, -0.1) is 0 Å². The number of piperazine rings is 1. The molecular weight excluding hydrogens is 388 g/mol. The first-order valence-electron chi connectivity index (χ1n) is 9.83. The lowest BCUT2D eigenvalue weighted by Gasteiger charge is -2.34. The fourth-order valence-corrected chi connectivity index (χ4v) is 3.44. The van der Waals surface area contributed by atoms with E-state index in [1.54, 1.807) is 13.2 Å². The van der Waals surface area contributed by atoms with Gasteiger partial charge in [0.15, 0.2) is 11.5 Å². The van der Waals surface area contributed by atoms with Crippen molar-refractivity contribution in [2.75, 3.05) is 39.9 Å². The van der Waals surface area contributed by atoms with Crippen LogP contribution in [0, 0.1) is 0 Å². The number of benzene rings is 2. The molecule has 2 aromatic carbocycles. The van der Waals surface area contributed by atoms with Crippen LogP contribution in [0.15, 0.2) is 48.5 Å². The molecule has 1 amide bonds. The Hall–Kier alpha value is -2.50. The van der Waals surface area contributed by atoms with E-state index in [-0.39, 0.29) is 5.91 Å². The van der Waals surface area contributed by atoms with Crippen LogP contribution in [0.3, 0.4) is 0 Å². The Labute approximate surface area is 177 Å². The highest BCUT2D eigenvalue weighted by Gasteiger charge is 2.19. The maximum atomic E-state index is 12.6. The number of ether oxygens (including phenoxy) is 2. The molecule has 1 saturated heterocycles. The smallest absolute Gasteiger partial charge is 0.246 e. The minimum Gasteiger partial charge on any atom is -0.493 e. The number of halogens is 1. The summed E-state index contributed by atoms with van der Waals surface area (Å²) in [5.41, 5.74) is 2.14. The normalized spacial score (nSPS) is 14.9. The number of hydrogen-bond donors (Lipinski definition) is 0. The van der Waals surface area contributed by atoms with Crippen LogP contribution in [-0.4, -0.2) is 55.6 Å². The van der Waals surface area contributed by atoms with Gasteiger partial charge in [0.1, 0.15) is 0 Å². The third-order valence-electron chi connectivity index (χ3n) is 4.91. The van der Waals surface area contributed by atoms with E-state index in [0.717, 1.165) is 43.3 Å². The number of carbonyl (C=O) groups is 1. The van der Waals surface area contributed by atoms with Crippen molar-refractivity contribution in [1.29, 1.82) is 0 Å². The van der Waals surface area contributed by atoms with Crippen molar-refractivity contribution in [2.45, 2.75) is 13.5 Å². The molecule has 0 bridgehead atoms. The maximum absolute atomic E-state index is 12.6. The zero-order valence-corrected chi connectivity index (χ0v) is 17.7. The highest BCUT2D eigenvalue weighted by atomic mass is 35.5. The van der Waals surface area contributed by atoms with Crippen LogP contribution in [0.1, 0.15) is 18.1 Å². The molecule has 0 unspecified atom stereocenters. The van der Waals surface area contributed by atoms with Crippen LogP contribution in [-0.2, 0) is 11.3 Å². The summed E-state index contributed by atoms with van der Waals surface area (Å²) in [6, 6.07) is 13.6. The molecule has 1 aliphatic heterocycles. The van der Waals surface area contributed by atoms with Gasteiger partial charge >= 0.3 is 0 Å². The number of carbonyl (C=O) groups excluding carboxylic acids is 1. The summed E-state index contributed by atoms with van der Waals surface area (Å²) in [7, 11) is 1.61. The lowest BCUT2D eigenvalue weighted by Crippen LogP contribution is -2.47. The van der Waals surface area contributed by atoms with Crippen LogP contribution in [0.5, 0.6) is 11.5 Å². The summed E-state index contributed by atoms with van der Waals surface area (Å²) in [6.07, 6.45) is 3.46. The second kappa shape index (κ2) is 10.3. The van der Waals surface area contributed by atoms with Crippen LogP contribution in [0.4, 0.5) is 0 Å². The van der Waals surface area contributed by atoms with Crippen molar-refractivity contribution in [1.82, 2.24) is 9.80 Å². The van der Waals surface area contributed by atoms with E-state index in [4.69, 9.17) is 21.1 Å². The Kier molecular flexibility index (Phi) is 7.55. The van der Waals surface area contributed by atoms with E-state index < -0.39 is 0 Å². The van der Waals surface area contributed by atoms with Crippen LogP contribution < -0.4 is 9.47 Å². The molecule has 1 aliphatic rings. The first kappa shape index (κ1) is 21.2. The van der Waals surface area contributed by atoms with Crippen LogP contribution in [0.25, 0.3) is 6.08 Å². The van der Waals surface area contributed by atoms with Gasteiger partial charge in [-0.2, -0.15) is 0 Å². The predicted molar refractivity (Wildman–Crippen MR) is 117 cm³/mol. The largest absolute Gasteiger partial charge is 0.493 e. The predicted octanol–water partition coefficient (Wildman–Crippen LogP) is 4.10. The van der Waals surface area contributed by atoms with Gasteiger partial charge < -0.3 is 14.4 Å². The molecule has 1 fully saturated rings. The van der Waals surface area contributed by atoms with E-state index in [9.17, 15) is 4.79 Å². The molecule has 6 heteroatoms. The molecule has 2 aromatic rings. The number of amides is 1. The molecule has 0 N–H and O–H groups in total. The van der Waals surface area contributed by atoms with Crippen LogP contribution in [0.2, 0.25) is 5.02 Å². The molecule has 0 aliphatic carbocycles. The lowest BCUT2D eigenvalue weighted by molar-refractivity contribution is -0.127. The van der Waals surface area contributed by atoms with Gasteiger partial charge in [-0.25, -0.2) is 0 Å². The van der Waals surface area contributed by atoms with E-state index in [1.165, 1.54) is 5.56 Å². The second-order valence-corrected chi connectivity index (χ2v) is 7.34. The Morgan fingerprint density at radius 3 is 2.45 bits per heavy atom. The number of nitrogens with zero attached hydrogens (tertiary/aromatic N) is 2. The van der Waals surface area contributed by atoms with Crippen molar-refractivity contribution in [3.63, 3.8) is 0 Å². The van der Waals surface area contributed by atoms with Crippen molar-refractivity contribution >= 4 is 23.6 Å². The first-order valence-corrected chi connectivity index (χ1v) is 10.2. The topological polar surface area (TPSA) is 42.0 Å². The molecule has 154 valence electrons. The van der Waals surface area contributed by atoms with Gasteiger partial charge in [0, 0.05) is 43.8 Å². The molecule has 0 spiro atoms. The highest BCUT2D eigenvalue weighted by Crippen LogP contribution is 2.28. The summed E-state index contributed by atoms with van der Waals surface area (Å²) >= 11 is 5.94. The van der Waals surface area contributed by atoms with E-state index in [0.29, 0.717) is 18.1 Å². The molecule has 0 aromatic heterocycles. The fourth-order valence-electron chi connectivity index (χ4n) is 3.31. The first-order chi connectivity index (χ1) is 14.1. The Bertz CT molecular complexity index is 844. The average Bonchev–Trinajstić information content (AvgIpc) is 2.74. The summed E-state index contributed by atoms with van der Waals surface area (Å²) in [5, 5.41) is 0.751. The zero-order valence-electron chi connectivity index (χ0n) is 16.9. The molecule has 3 rings (SSSR count). The van der Waals surface area contributed by atoms with Crippen molar-refractivity contribution in [2.24, 2.45) is 0 Å². The molecule has 5 nitrogen and oxygen atoms in total. The summed E-state index contributed by atoms with van der Waals surface area (Å²) < 4.78 is 10.9. The Balaban J connectivity index is 1.53. The SMILES string of the molecule is CCOc1cc(/C=C/C(=O)N2CCN(Cc3ccc(Cl)cc3)CC2)ccc1OC. The van der Waals surface area contributed by atoms with Crippen molar-refractivity contribution < 1.29 is 14.3 Å². The third kappa shape index (κ3) is 5.99. The van der Waals surface area contributed by atoms with E-state index in [2.05, 4.69) is 4.90 Å². The molecule has 0 saturated carbocycles. The summed E-state index contributed by atoms with van der Waals surface area (Å²) in [5.74, 6) is 1.40. The Morgan fingerprint density at radius 2 is 1.79 bits per heavy atom.